The zero-order valence-electron chi connectivity index (χ0n) is 9.73. The fourth-order valence-electron chi connectivity index (χ4n) is 2.09. The van der Waals surface area contributed by atoms with Crippen LogP contribution in [0.25, 0.3) is 0 Å². The number of methoxy groups -OCH3 is 1. The minimum Gasteiger partial charge on any atom is -0.469 e. The van der Waals surface area contributed by atoms with Crippen molar-refractivity contribution in [3.63, 3.8) is 0 Å². The second-order valence-electron chi connectivity index (χ2n) is 4.00. The van der Waals surface area contributed by atoms with E-state index in [1.807, 2.05) is 18.2 Å². The summed E-state index contributed by atoms with van der Waals surface area (Å²) < 4.78 is 4.69. The van der Waals surface area contributed by atoms with Crippen LogP contribution in [0.2, 0.25) is 0 Å². The number of nitrogen functional groups attached to an aromatic ring is 1. The zero-order chi connectivity index (χ0) is 11.5. The van der Waals surface area contributed by atoms with Gasteiger partial charge in [-0.05, 0) is 36.2 Å². The van der Waals surface area contributed by atoms with E-state index in [9.17, 15) is 4.79 Å². The molecule has 1 aliphatic rings. The number of carbonyl (C=O) groups is 1. The van der Waals surface area contributed by atoms with E-state index in [2.05, 4.69) is 10.1 Å². The lowest BCUT2D eigenvalue weighted by atomic mass is 9.92. The summed E-state index contributed by atoms with van der Waals surface area (Å²) in [5, 5.41) is 3.31. The van der Waals surface area contributed by atoms with Gasteiger partial charge in [0, 0.05) is 11.7 Å². The van der Waals surface area contributed by atoms with E-state index in [0.29, 0.717) is 6.42 Å². The smallest absolute Gasteiger partial charge is 0.307 e. The lowest BCUT2D eigenvalue weighted by Gasteiger charge is -2.26. The number of nitrogens with one attached hydrogen (secondary N) is 1. The van der Waals surface area contributed by atoms with E-state index < -0.39 is 0 Å². The molecule has 0 amide bonds. The van der Waals surface area contributed by atoms with Gasteiger partial charge in [0.1, 0.15) is 0 Å². The molecule has 0 bridgehead atoms. The summed E-state index contributed by atoms with van der Waals surface area (Å²) in [5.74, 6) is -0.201. The largest absolute Gasteiger partial charge is 0.469 e. The van der Waals surface area contributed by atoms with Crippen LogP contribution >= 0.6 is 12.4 Å². The fourth-order valence-corrected chi connectivity index (χ4v) is 2.09. The van der Waals surface area contributed by atoms with Crippen LogP contribution in [0.4, 0.5) is 5.69 Å². The van der Waals surface area contributed by atoms with Crippen LogP contribution in [-0.4, -0.2) is 19.6 Å². The molecular weight excluding hydrogens is 240 g/mol. The summed E-state index contributed by atoms with van der Waals surface area (Å²) in [4.78, 5) is 11.3. The molecule has 0 fully saturated rings. The van der Waals surface area contributed by atoms with E-state index >= 15 is 0 Å². The van der Waals surface area contributed by atoms with Gasteiger partial charge in [0.2, 0.25) is 0 Å². The molecule has 5 heteroatoms. The number of benzene rings is 1. The number of anilines is 1. The number of hydrogen-bond donors (Lipinski definition) is 2. The lowest BCUT2D eigenvalue weighted by molar-refractivity contribution is -0.141. The Balaban J connectivity index is 0.00000144. The molecule has 3 N–H and O–H groups in total. The van der Waals surface area contributed by atoms with Crippen molar-refractivity contribution in [3.05, 3.63) is 29.3 Å². The summed E-state index contributed by atoms with van der Waals surface area (Å²) in [6, 6.07) is 5.91. The van der Waals surface area contributed by atoms with Crippen LogP contribution < -0.4 is 11.1 Å². The third-order valence-electron chi connectivity index (χ3n) is 2.93. The third-order valence-corrected chi connectivity index (χ3v) is 2.93. The van der Waals surface area contributed by atoms with Crippen molar-refractivity contribution in [1.29, 1.82) is 0 Å². The van der Waals surface area contributed by atoms with Gasteiger partial charge < -0.3 is 15.8 Å². The van der Waals surface area contributed by atoms with Gasteiger partial charge in [0.15, 0.2) is 0 Å². The van der Waals surface area contributed by atoms with Crippen molar-refractivity contribution < 1.29 is 9.53 Å². The van der Waals surface area contributed by atoms with Crippen LogP contribution in [-0.2, 0) is 16.0 Å². The highest BCUT2D eigenvalue weighted by Crippen LogP contribution is 2.27. The minimum absolute atomic E-state index is 0. The van der Waals surface area contributed by atoms with Crippen LogP contribution in [0.5, 0.6) is 0 Å². The normalized spacial score (nSPS) is 17.8. The average Bonchev–Trinajstić information content (AvgIpc) is 2.29. The summed E-state index contributed by atoms with van der Waals surface area (Å²) >= 11 is 0. The van der Waals surface area contributed by atoms with Gasteiger partial charge in [0.05, 0.1) is 13.5 Å². The minimum atomic E-state index is -0.201. The van der Waals surface area contributed by atoms with Gasteiger partial charge in [-0.3, -0.25) is 4.79 Å². The second kappa shape index (κ2) is 5.89. The van der Waals surface area contributed by atoms with Crippen molar-refractivity contribution >= 4 is 24.1 Å². The van der Waals surface area contributed by atoms with Crippen LogP contribution in [0, 0.1) is 0 Å². The fraction of sp³-hybridized carbons (Fsp3) is 0.417. The van der Waals surface area contributed by atoms with Gasteiger partial charge in [-0.1, -0.05) is 6.07 Å². The van der Waals surface area contributed by atoms with Gasteiger partial charge in [-0.2, -0.15) is 0 Å². The maximum atomic E-state index is 11.3. The molecule has 1 aromatic rings. The van der Waals surface area contributed by atoms with Gasteiger partial charge in [-0.15, -0.1) is 12.4 Å². The number of esters is 1. The molecule has 1 unspecified atom stereocenters. The van der Waals surface area contributed by atoms with Crippen molar-refractivity contribution in [2.24, 2.45) is 0 Å². The first-order valence-corrected chi connectivity index (χ1v) is 5.39. The highest BCUT2D eigenvalue weighted by atomic mass is 35.5. The molecule has 4 nitrogen and oxygen atoms in total. The topological polar surface area (TPSA) is 64.3 Å². The quantitative estimate of drug-likeness (QED) is 0.621. The highest BCUT2D eigenvalue weighted by Gasteiger charge is 2.22. The Morgan fingerprint density at radius 3 is 3.06 bits per heavy atom. The van der Waals surface area contributed by atoms with E-state index in [-0.39, 0.29) is 24.4 Å². The Labute approximate surface area is 107 Å². The van der Waals surface area contributed by atoms with Gasteiger partial charge >= 0.3 is 5.97 Å². The van der Waals surface area contributed by atoms with Crippen LogP contribution in [0.3, 0.4) is 0 Å². The SMILES string of the molecule is COC(=O)CC1NCCc2ccc(N)cc21.Cl. The first-order valence-electron chi connectivity index (χ1n) is 5.39. The zero-order valence-corrected chi connectivity index (χ0v) is 10.5. The first kappa shape index (κ1) is 13.8. The molecule has 1 heterocycles. The lowest BCUT2D eigenvalue weighted by Crippen LogP contribution is -2.31. The number of carbonyl (C=O) groups excluding carboxylic acids is 1. The molecule has 1 aliphatic heterocycles. The maximum absolute atomic E-state index is 11.3. The summed E-state index contributed by atoms with van der Waals surface area (Å²) in [6.07, 6.45) is 1.33. The summed E-state index contributed by atoms with van der Waals surface area (Å²) in [5.41, 5.74) is 8.88. The molecule has 2 rings (SSSR count). The standard InChI is InChI=1S/C12H16N2O2.ClH/c1-16-12(15)7-11-10-6-9(13)3-2-8(10)4-5-14-11;/h2-3,6,11,14H,4-5,7,13H2,1H3;1H. The van der Waals surface area contributed by atoms with Gasteiger partial charge in [-0.25, -0.2) is 0 Å². The summed E-state index contributed by atoms with van der Waals surface area (Å²) in [7, 11) is 1.41. The number of halogens is 1. The Bertz CT molecular complexity index is 409. The summed E-state index contributed by atoms with van der Waals surface area (Å²) in [6.45, 7) is 0.887. The molecule has 0 radical (unpaired) electrons. The monoisotopic (exact) mass is 256 g/mol. The highest BCUT2D eigenvalue weighted by molar-refractivity contribution is 5.85. The molecule has 1 aromatic carbocycles. The molecule has 0 aliphatic carbocycles. The number of nitrogens with two attached hydrogens (primary N) is 1. The Morgan fingerprint density at radius 1 is 1.59 bits per heavy atom. The molecule has 17 heavy (non-hydrogen) atoms. The van der Waals surface area contributed by atoms with E-state index in [1.54, 1.807) is 0 Å². The van der Waals surface area contributed by atoms with E-state index in [4.69, 9.17) is 5.73 Å². The third kappa shape index (κ3) is 3.11. The Kier molecular flexibility index (Phi) is 4.78. The molecular formula is C12H17ClN2O2. The van der Waals surface area contributed by atoms with E-state index in [1.165, 1.54) is 12.7 Å². The van der Waals surface area contributed by atoms with E-state index in [0.717, 1.165) is 24.2 Å². The average molecular weight is 257 g/mol. The number of ether oxygens (including phenoxy) is 1. The number of rotatable bonds is 2. The second-order valence-corrected chi connectivity index (χ2v) is 4.00. The predicted molar refractivity (Wildman–Crippen MR) is 69.2 cm³/mol. The Hall–Kier alpha value is -1.26. The number of hydrogen-bond acceptors (Lipinski definition) is 4. The van der Waals surface area contributed by atoms with Crippen LogP contribution in [0.15, 0.2) is 18.2 Å². The first-order chi connectivity index (χ1) is 7.70. The van der Waals surface area contributed by atoms with Crippen molar-refractivity contribution in [3.8, 4) is 0 Å². The maximum Gasteiger partial charge on any atom is 0.307 e. The molecule has 0 aromatic heterocycles. The van der Waals surface area contributed by atoms with Crippen molar-refractivity contribution in [2.45, 2.75) is 18.9 Å². The van der Waals surface area contributed by atoms with Crippen molar-refractivity contribution in [1.82, 2.24) is 5.32 Å². The molecule has 0 saturated carbocycles. The molecule has 94 valence electrons. The Morgan fingerprint density at radius 2 is 2.35 bits per heavy atom. The molecule has 0 saturated heterocycles. The molecule has 1 atom stereocenters. The molecule has 0 spiro atoms. The van der Waals surface area contributed by atoms with Crippen LogP contribution in [0.1, 0.15) is 23.6 Å². The number of fused-ring (bicyclic) bond motifs is 1. The van der Waals surface area contributed by atoms with Gasteiger partial charge in [0.25, 0.3) is 0 Å². The predicted octanol–water partition coefficient (Wildman–Crippen LogP) is 1.44. The van der Waals surface area contributed by atoms with Crippen molar-refractivity contribution in [2.75, 3.05) is 19.4 Å².